The highest BCUT2D eigenvalue weighted by molar-refractivity contribution is 5.88. The minimum atomic E-state index is -0.927. The lowest BCUT2D eigenvalue weighted by Crippen LogP contribution is -2.00. The molecule has 0 spiro atoms. The minimum absolute atomic E-state index is 0.266. The van der Waals surface area contributed by atoms with E-state index >= 15 is 0 Å². The fourth-order valence-electron chi connectivity index (χ4n) is 2.00. The van der Waals surface area contributed by atoms with Gasteiger partial charge in [-0.3, -0.25) is 4.98 Å². The van der Waals surface area contributed by atoms with E-state index in [2.05, 4.69) is 4.98 Å². The van der Waals surface area contributed by atoms with Gasteiger partial charge in [0.05, 0.1) is 0 Å². The van der Waals surface area contributed by atoms with Crippen molar-refractivity contribution in [3.05, 3.63) is 60.7 Å². The third-order valence-electron chi connectivity index (χ3n) is 2.87. The van der Waals surface area contributed by atoms with E-state index in [-0.39, 0.29) is 5.69 Å². The molecule has 0 radical (unpaired) electrons. The standard InChI is InChI=1S/C14H10N2O2/c17-14(18)13-4-3-12-8-10(5-7-16(12)13)11-2-1-6-15-9-11/h1-9H,(H,17,18). The van der Waals surface area contributed by atoms with Gasteiger partial charge in [-0.25, -0.2) is 4.79 Å². The summed E-state index contributed by atoms with van der Waals surface area (Å²) in [4.78, 5) is 15.1. The lowest BCUT2D eigenvalue weighted by atomic mass is 10.1. The molecule has 3 aromatic rings. The fraction of sp³-hybridized carbons (Fsp3) is 0. The molecule has 0 amide bonds. The SMILES string of the molecule is O=C(O)c1ccc2cc(-c3cccnc3)ccn12. The fourth-order valence-corrected chi connectivity index (χ4v) is 2.00. The van der Waals surface area contributed by atoms with E-state index in [0.29, 0.717) is 0 Å². The van der Waals surface area contributed by atoms with Gasteiger partial charge in [-0.05, 0) is 35.9 Å². The zero-order chi connectivity index (χ0) is 12.5. The van der Waals surface area contributed by atoms with E-state index in [1.807, 2.05) is 24.3 Å². The highest BCUT2D eigenvalue weighted by Crippen LogP contribution is 2.21. The van der Waals surface area contributed by atoms with Crippen molar-refractivity contribution in [3.8, 4) is 11.1 Å². The smallest absolute Gasteiger partial charge is 0.352 e. The zero-order valence-electron chi connectivity index (χ0n) is 9.45. The van der Waals surface area contributed by atoms with Crippen molar-refractivity contribution in [2.45, 2.75) is 0 Å². The van der Waals surface area contributed by atoms with Crippen molar-refractivity contribution < 1.29 is 9.90 Å². The Hall–Kier alpha value is -2.62. The summed E-state index contributed by atoms with van der Waals surface area (Å²) >= 11 is 0. The Morgan fingerprint density at radius 3 is 2.78 bits per heavy atom. The quantitative estimate of drug-likeness (QED) is 0.746. The number of carboxylic acids is 1. The highest BCUT2D eigenvalue weighted by atomic mass is 16.4. The maximum absolute atomic E-state index is 11.0. The molecule has 18 heavy (non-hydrogen) atoms. The zero-order valence-corrected chi connectivity index (χ0v) is 9.45. The summed E-state index contributed by atoms with van der Waals surface area (Å²) in [6.07, 6.45) is 5.27. The van der Waals surface area contributed by atoms with Crippen LogP contribution in [0.2, 0.25) is 0 Å². The molecule has 3 rings (SSSR count). The lowest BCUT2D eigenvalue weighted by Gasteiger charge is -2.03. The normalized spacial score (nSPS) is 10.7. The van der Waals surface area contributed by atoms with Crippen molar-refractivity contribution in [1.29, 1.82) is 0 Å². The van der Waals surface area contributed by atoms with Crippen LogP contribution in [-0.4, -0.2) is 20.5 Å². The molecule has 0 atom stereocenters. The van der Waals surface area contributed by atoms with Gasteiger partial charge in [0.1, 0.15) is 5.69 Å². The first-order valence-corrected chi connectivity index (χ1v) is 5.50. The minimum Gasteiger partial charge on any atom is -0.477 e. The van der Waals surface area contributed by atoms with Crippen molar-refractivity contribution >= 4 is 11.5 Å². The van der Waals surface area contributed by atoms with E-state index in [4.69, 9.17) is 5.11 Å². The van der Waals surface area contributed by atoms with Crippen LogP contribution in [0, 0.1) is 0 Å². The van der Waals surface area contributed by atoms with Gasteiger partial charge in [0.15, 0.2) is 0 Å². The molecule has 3 aromatic heterocycles. The van der Waals surface area contributed by atoms with Gasteiger partial charge >= 0.3 is 5.97 Å². The number of pyridine rings is 2. The Bertz CT molecular complexity index is 717. The van der Waals surface area contributed by atoms with Crippen LogP contribution < -0.4 is 0 Å². The summed E-state index contributed by atoms with van der Waals surface area (Å²) < 4.78 is 1.65. The van der Waals surface area contributed by atoms with Crippen molar-refractivity contribution in [3.63, 3.8) is 0 Å². The predicted octanol–water partition coefficient (Wildman–Crippen LogP) is 2.70. The number of fused-ring (bicyclic) bond motifs is 1. The van der Waals surface area contributed by atoms with Crippen molar-refractivity contribution in [1.82, 2.24) is 9.38 Å². The summed E-state index contributed by atoms with van der Waals surface area (Å²) in [5.41, 5.74) is 3.15. The van der Waals surface area contributed by atoms with E-state index in [9.17, 15) is 4.79 Å². The molecule has 0 aliphatic heterocycles. The third-order valence-corrected chi connectivity index (χ3v) is 2.87. The Morgan fingerprint density at radius 2 is 2.06 bits per heavy atom. The number of rotatable bonds is 2. The van der Waals surface area contributed by atoms with Gasteiger partial charge in [-0.1, -0.05) is 6.07 Å². The molecule has 0 fully saturated rings. The number of aromatic carboxylic acids is 1. The molecule has 4 nitrogen and oxygen atoms in total. The maximum Gasteiger partial charge on any atom is 0.352 e. The number of hydrogen-bond acceptors (Lipinski definition) is 2. The second kappa shape index (κ2) is 4.00. The maximum atomic E-state index is 11.0. The first-order valence-electron chi connectivity index (χ1n) is 5.50. The predicted molar refractivity (Wildman–Crippen MR) is 67.6 cm³/mol. The van der Waals surface area contributed by atoms with Gasteiger partial charge in [-0.2, -0.15) is 0 Å². The van der Waals surface area contributed by atoms with Gasteiger partial charge in [-0.15, -0.1) is 0 Å². The Morgan fingerprint density at radius 1 is 1.17 bits per heavy atom. The lowest BCUT2D eigenvalue weighted by molar-refractivity contribution is 0.0689. The monoisotopic (exact) mass is 238 g/mol. The Labute approximate surface area is 103 Å². The van der Waals surface area contributed by atoms with Crippen LogP contribution in [0.25, 0.3) is 16.6 Å². The molecule has 0 bridgehead atoms. The molecule has 0 saturated heterocycles. The molecular weight excluding hydrogens is 228 g/mol. The average molecular weight is 238 g/mol. The molecule has 0 aliphatic rings. The summed E-state index contributed by atoms with van der Waals surface area (Å²) in [6, 6.07) is 11.1. The van der Waals surface area contributed by atoms with Crippen LogP contribution in [0.4, 0.5) is 0 Å². The first-order chi connectivity index (χ1) is 8.75. The van der Waals surface area contributed by atoms with Gasteiger partial charge in [0, 0.05) is 29.7 Å². The van der Waals surface area contributed by atoms with E-state index in [1.54, 1.807) is 35.1 Å². The summed E-state index contributed by atoms with van der Waals surface area (Å²) in [6.45, 7) is 0. The second-order valence-electron chi connectivity index (χ2n) is 3.98. The van der Waals surface area contributed by atoms with Crippen LogP contribution in [0.15, 0.2) is 55.0 Å². The number of hydrogen-bond donors (Lipinski definition) is 1. The first kappa shape index (κ1) is 10.5. The summed E-state index contributed by atoms with van der Waals surface area (Å²) in [7, 11) is 0. The molecule has 4 heteroatoms. The Balaban J connectivity index is 2.16. The van der Waals surface area contributed by atoms with Gasteiger partial charge < -0.3 is 9.51 Å². The average Bonchev–Trinajstić information content (AvgIpc) is 2.82. The summed E-state index contributed by atoms with van der Waals surface area (Å²) in [5.74, 6) is -0.927. The molecule has 88 valence electrons. The number of aromatic nitrogens is 2. The third kappa shape index (κ3) is 1.64. The number of carbonyl (C=O) groups is 1. The van der Waals surface area contributed by atoms with Crippen LogP contribution in [0.1, 0.15) is 10.5 Å². The van der Waals surface area contributed by atoms with Gasteiger partial charge in [0.2, 0.25) is 0 Å². The number of nitrogens with zero attached hydrogens (tertiary/aromatic N) is 2. The molecule has 0 aromatic carbocycles. The molecule has 0 saturated carbocycles. The second-order valence-corrected chi connectivity index (χ2v) is 3.98. The largest absolute Gasteiger partial charge is 0.477 e. The molecular formula is C14H10N2O2. The topological polar surface area (TPSA) is 54.6 Å². The van der Waals surface area contributed by atoms with Gasteiger partial charge in [0.25, 0.3) is 0 Å². The van der Waals surface area contributed by atoms with Crippen LogP contribution in [0.5, 0.6) is 0 Å². The summed E-state index contributed by atoms with van der Waals surface area (Å²) in [5, 5.41) is 9.03. The van der Waals surface area contributed by atoms with Crippen molar-refractivity contribution in [2.75, 3.05) is 0 Å². The molecule has 0 unspecified atom stereocenters. The van der Waals surface area contributed by atoms with E-state index in [1.165, 1.54) is 0 Å². The van der Waals surface area contributed by atoms with Crippen molar-refractivity contribution in [2.24, 2.45) is 0 Å². The number of carboxylic acid groups (broad SMARTS) is 1. The molecule has 3 heterocycles. The molecule has 1 N–H and O–H groups in total. The van der Waals surface area contributed by atoms with Crippen LogP contribution in [0.3, 0.4) is 0 Å². The Kier molecular flexibility index (Phi) is 2.34. The van der Waals surface area contributed by atoms with E-state index < -0.39 is 5.97 Å². The molecule has 0 aliphatic carbocycles. The van der Waals surface area contributed by atoms with Crippen LogP contribution in [-0.2, 0) is 0 Å². The van der Waals surface area contributed by atoms with E-state index in [0.717, 1.165) is 16.6 Å². The highest BCUT2D eigenvalue weighted by Gasteiger charge is 2.09. The van der Waals surface area contributed by atoms with Crippen LogP contribution >= 0.6 is 0 Å².